The summed E-state index contributed by atoms with van der Waals surface area (Å²) in [6.07, 6.45) is 0. The first-order valence-corrected chi connectivity index (χ1v) is 14.1. The topological polar surface area (TPSA) is 0 Å². The molecule has 0 aliphatic carbocycles. The fourth-order valence-electron chi connectivity index (χ4n) is 0.938. The molecule has 1 aliphatic heterocycles. The summed E-state index contributed by atoms with van der Waals surface area (Å²) >= 11 is 7.81. The maximum absolute atomic E-state index is 3.71. The summed E-state index contributed by atoms with van der Waals surface area (Å²) in [6, 6.07) is 0. The van der Waals surface area contributed by atoms with Crippen LogP contribution in [0, 0.1) is 0 Å². The van der Waals surface area contributed by atoms with Gasteiger partial charge in [0, 0.05) is 11.5 Å². The molecule has 2 unspecified atom stereocenters. The summed E-state index contributed by atoms with van der Waals surface area (Å²) in [6.45, 7) is 7.43. The Labute approximate surface area is 143 Å². The molecule has 1 heterocycles. The first kappa shape index (κ1) is 18.3. The van der Waals surface area contributed by atoms with Crippen LogP contribution in [0.2, 0.25) is 0 Å². The van der Waals surface area contributed by atoms with Gasteiger partial charge in [-0.05, 0) is 10.8 Å². The predicted molar refractivity (Wildman–Crippen MR) is 108 cm³/mol. The van der Waals surface area contributed by atoms with E-state index in [1.807, 2.05) is 54.0 Å². The lowest BCUT2D eigenvalue weighted by atomic mass is 10.9. The molecule has 0 aromatic carbocycles. The van der Waals surface area contributed by atoms with Crippen molar-refractivity contribution in [3.63, 3.8) is 0 Å². The highest BCUT2D eigenvalue weighted by Crippen LogP contribution is 2.47. The molecule has 0 spiro atoms. The third-order valence-electron chi connectivity index (χ3n) is 1.66. The molecule has 1 fully saturated rings. The summed E-state index contributed by atoms with van der Waals surface area (Å²) in [7, 11) is 7.97. The monoisotopic (exact) mass is 392 g/mol. The van der Waals surface area contributed by atoms with E-state index in [1.54, 1.807) is 23.5 Å². The van der Waals surface area contributed by atoms with Crippen LogP contribution in [0.1, 0.15) is 0 Å². The van der Waals surface area contributed by atoms with Crippen LogP contribution in [-0.4, -0.2) is 30.8 Å². The molecule has 0 aromatic heterocycles. The van der Waals surface area contributed by atoms with E-state index >= 15 is 0 Å². The van der Waals surface area contributed by atoms with Crippen molar-refractivity contribution < 1.29 is 0 Å². The Hall–Kier alpha value is 2.28. The van der Waals surface area contributed by atoms with E-state index in [9.17, 15) is 0 Å². The quantitative estimate of drug-likeness (QED) is 0.230. The van der Waals surface area contributed by atoms with Crippen molar-refractivity contribution in [2.45, 2.75) is 9.16 Å². The van der Waals surface area contributed by atoms with Crippen LogP contribution < -0.4 is 0 Å². The molecule has 1 rings (SSSR count). The van der Waals surface area contributed by atoms with Gasteiger partial charge in [0.15, 0.2) is 0 Å². The molecule has 0 N–H and O–H groups in total. The molecular weight excluding hydrogens is 377 g/mol. The second kappa shape index (κ2) is 13.0. The van der Waals surface area contributed by atoms with Crippen LogP contribution in [0.3, 0.4) is 0 Å². The zero-order chi connectivity index (χ0) is 13.1. The van der Waals surface area contributed by atoms with Crippen LogP contribution in [0.25, 0.3) is 0 Å². The Kier molecular flexibility index (Phi) is 13.2. The average Bonchev–Trinajstić information content (AvgIpc) is 2.41. The number of thioether (sulfide) groups is 4. The highest BCUT2D eigenvalue weighted by atomic mass is 33.1. The average molecular weight is 393 g/mol. The van der Waals surface area contributed by atoms with Crippen molar-refractivity contribution in [1.29, 1.82) is 0 Å². The van der Waals surface area contributed by atoms with Crippen LogP contribution in [0.5, 0.6) is 0 Å². The standard InChI is InChI=1S/C10H16S8/c1-3-11-7-15-17-9-5-14-10(6-13-9)18-16-8-12-4-2/h3-4,9-10H,1-2,5-8H2. The fraction of sp³-hybridized carbons (Fsp3) is 0.600. The van der Waals surface area contributed by atoms with Crippen molar-refractivity contribution in [1.82, 2.24) is 0 Å². The van der Waals surface area contributed by atoms with Gasteiger partial charge in [0.05, 0.1) is 19.3 Å². The Bertz CT molecular complexity index is 202. The minimum absolute atomic E-state index is 0.759. The number of hydrogen-bond acceptors (Lipinski definition) is 8. The minimum atomic E-state index is 0.759. The van der Waals surface area contributed by atoms with Gasteiger partial charge in [0.25, 0.3) is 0 Å². The highest BCUT2D eigenvalue weighted by molar-refractivity contribution is 8.80. The smallest absolute Gasteiger partial charge is 0.0697 e. The van der Waals surface area contributed by atoms with E-state index in [2.05, 4.69) is 36.7 Å². The predicted octanol–water partition coefficient (Wildman–Crippen LogP) is 6.55. The highest BCUT2D eigenvalue weighted by Gasteiger charge is 2.23. The van der Waals surface area contributed by atoms with E-state index in [0.717, 1.165) is 19.3 Å². The molecule has 0 bridgehead atoms. The third kappa shape index (κ3) is 9.26. The first-order valence-electron chi connectivity index (χ1n) is 5.11. The molecule has 8 heteroatoms. The summed E-state index contributed by atoms with van der Waals surface area (Å²) in [4.78, 5) is 0. The van der Waals surface area contributed by atoms with Gasteiger partial charge in [-0.1, -0.05) is 56.3 Å². The molecule has 104 valence electrons. The van der Waals surface area contributed by atoms with Gasteiger partial charge in [-0.15, -0.1) is 47.0 Å². The lowest BCUT2D eigenvalue weighted by molar-refractivity contribution is 1.34. The van der Waals surface area contributed by atoms with Crippen LogP contribution in [0.4, 0.5) is 0 Å². The molecule has 0 aromatic rings. The minimum Gasteiger partial charge on any atom is -0.144 e. The summed E-state index contributed by atoms with van der Waals surface area (Å²) in [5.41, 5.74) is 0. The van der Waals surface area contributed by atoms with E-state index in [-0.39, 0.29) is 0 Å². The van der Waals surface area contributed by atoms with Crippen molar-refractivity contribution >= 4 is 90.2 Å². The van der Waals surface area contributed by atoms with Gasteiger partial charge >= 0.3 is 0 Å². The second-order valence-electron chi connectivity index (χ2n) is 2.86. The van der Waals surface area contributed by atoms with Crippen LogP contribution >= 0.6 is 90.2 Å². The zero-order valence-corrected chi connectivity index (χ0v) is 16.4. The number of rotatable bonds is 10. The molecule has 2 atom stereocenters. The Morgan fingerprint density at radius 2 is 1.33 bits per heavy atom. The molecule has 0 radical (unpaired) electrons. The fourth-order valence-corrected chi connectivity index (χ4v) is 12.6. The molecule has 1 aliphatic rings. The van der Waals surface area contributed by atoms with Crippen molar-refractivity contribution in [2.24, 2.45) is 0 Å². The molecule has 0 amide bonds. The van der Waals surface area contributed by atoms with Crippen molar-refractivity contribution in [3.8, 4) is 0 Å². The second-order valence-corrected chi connectivity index (χ2v) is 13.7. The Balaban J connectivity index is 1.98. The van der Waals surface area contributed by atoms with E-state index in [1.165, 1.54) is 11.5 Å². The normalized spacial score (nSPS) is 23.8. The molecule has 18 heavy (non-hydrogen) atoms. The van der Waals surface area contributed by atoms with E-state index in [4.69, 9.17) is 0 Å². The molecule has 0 nitrogen and oxygen atoms in total. The van der Waals surface area contributed by atoms with Gasteiger partial charge in [0.2, 0.25) is 0 Å². The molecule has 1 saturated heterocycles. The van der Waals surface area contributed by atoms with Crippen LogP contribution in [0.15, 0.2) is 24.0 Å². The van der Waals surface area contributed by atoms with Gasteiger partial charge in [-0.2, -0.15) is 0 Å². The van der Waals surface area contributed by atoms with Gasteiger partial charge < -0.3 is 0 Å². The van der Waals surface area contributed by atoms with Gasteiger partial charge in [-0.25, -0.2) is 0 Å². The van der Waals surface area contributed by atoms with Crippen molar-refractivity contribution in [2.75, 3.05) is 21.7 Å². The summed E-state index contributed by atoms with van der Waals surface area (Å²) < 4.78 is 1.52. The number of hydrogen-bond donors (Lipinski definition) is 0. The molecular formula is C10H16S8. The SMILES string of the molecule is C=CSCSSC1CSC(SSCSC=C)CS1. The van der Waals surface area contributed by atoms with E-state index in [0.29, 0.717) is 0 Å². The van der Waals surface area contributed by atoms with Gasteiger partial charge in [-0.3, -0.25) is 0 Å². The Morgan fingerprint density at radius 1 is 0.889 bits per heavy atom. The van der Waals surface area contributed by atoms with E-state index < -0.39 is 0 Å². The maximum atomic E-state index is 3.71. The van der Waals surface area contributed by atoms with Crippen molar-refractivity contribution in [3.05, 3.63) is 24.0 Å². The largest absolute Gasteiger partial charge is 0.144 e. The zero-order valence-electron chi connectivity index (χ0n) is 9.82. The summed E-state index contributed by atoms with van der Waals surface area (Å²) in [5, 5.41) is 6.06. The lowest BCUT2D eigenvalue weighted by Crippen LogP contribution is -2.15. The summed E-state index contributed by atoms with van der Waals surface area (Å²) in [5.74, 6) is 2.54. The first-order chi connectivity index (χ1) is 8.86. The van der Waals surface area contributed by atoms with Gasteiger partial charge in [0.1, 0.15) is 0 Å². The van der Waals surface area contributed by atoms with Crippen LogP contribution in [-0.2, 0) is 0 Å². The maximum Gasteiger partial charge on any atom is 0.0697 e. The third-order valence-corrected chi connectivity index (χ3v) is 14.1. The Morgan fingerprint density at radius 3 is 1.67 bits per heavy atom. The molecule has 0 saturated carbocycles. The lowest BCUT2D eigenvalue weighted by Gasteiger charge is -2.26.